The van der Waals surface area contributed by atoms with Gasteiger partial charge >= 0.3 is 0 Å². The molecule has 90 valence electrons. The van der Waals surface area contributed by atoms with Gasteiger partial charge in [-0.3, -0.25) is 0 Å². The van der Waals surface area contributed by atoms with E-state index < -0.39 is 6.10 Å². The molecule has 0 saturated carbocycles. The Kier molecular flexibility index (Phi) is 6.10. The Bertz CT molecular complexity index is 357. The fourth-order valence-corrected chi connectivity index (χ4v) is 2.12. The van der Waals surface area contributed by atoms with Crippen LogP contribution in [0.3, 0.4) is 0 Å². The van der Waals surface area contributed by atoms with E-state index in [4.69, 9.17) is 9.47 Å². The molecule has 1 atom stereocenters. The number of halogens is 3. The summed E-state index contributed by atoms with van der Waals surface area (Å²) in [6, 6.07) is 3.60. The van der Waals surface area contributed by atoms with Gasteiger partial charge in [-0.1, -0.05) is 15.9 Å². The minimum atomic E-state index is -0.521. The minimum absolute atomic E-state index is 0.239. The first-order valence-corrected chi connectivity index (χ1v) is 7.19. The van der Waals surface area contributed by atoms with Crippen LogP contribution in [0.1, 0.15) is 0 Å². The molecule has 0 aliphatic heterocycles. The van der Waals surface area contributed by atoms with E-state index in [1.165, 1.54) is 0 Å². The highest BCUT2D eigenvalue weighted by molar-refractivity contribution is 9.11. The standard InChI is InChI=1S/C10H11Br3O3/c1-15-9-2-8(13)10(3-7(9)12)16-5-6(14)4-11/h2-3,6,14H,4-5H2,1H3. The molecule has 0 heterocycles. The lowest BCUT2D eigenvalue weighted by atomic mass is 10.3. The summed E-state index contributed by atoms with van der Waals surface area (Å²) in [4.78, 5) is 0. The van der Waals surface area contributed by atoms with Crippen molar-refractivity contribution < 1.29 is 14.6 Å². The number of aliphatic hydroxyl groups is 1. The summed E-state index contributed by atoms with van der Waals surface area (Å²) >= 11 is 9.92. The molecule has 1 rings (SSSR count). The van der Waals surface area contributed by atoms with E-state index in [1.807, 2.05) is 0 Å². The summed E-state index contributed by atoms with van der Waals surface area (Å²) in [7, 11) is 1.60. The van der Waals surface area contributed by atoms with Gasteiger partial charge in [0.1, 0.15) is 18.1 Å². The van der Waals surface area contributed by atoms with Crippen molar-refractivity contribution in [1.82, 2.24) is 0 Å². The quantitative estimate of drug-likeness (QED) is 0.745. The third-order valence-electron chi connectivity index (χ3n) is 1.82. The van der Waals surface area contributed by atoms with E-state index in [0.717, 1.165) is 14.7 Å². The highest BCUT2D eigenvalue weighted by Crippen LogP contribution is 2.35. The predicted octanol–water partition coefficient (Wildman–Crippen LogP) is 3.35. The Morgan fingerprint density at radius 2 is 1.81 bits per heavy atom. The van der Waals surface area contributed by atoms with Crippen LogP contribution in [-0.4, -0.2) is 30.3 Å². The Hall–Kier alpha value is 0.220. The van der Waals surface area contributed by atoms with Gasteiger partial charge in [-0.15, -0.1) is 0 Å². The van der Waals surface area contributed by atoms with Gasteiger partial charge in [-0.25, -0.2) is 0 Å². The molecule has 0 aromatic heterocycles. The number of rotatable bonds is 5. The summed E-state index contributed by atoms with van der Waals surface area (Å²) in [5, 5.41) is 9.84. The number of alkyl halides is 1. The largest absolute Gasteiger partial charge is 0.496 e. The van der Waals surface area contributed by atoms with Crippen LogP contribution in [0, 0.1) is 0 Å². The van der Waals surface area contributed by atoms with Crippen LogP contribution in [0.15, 0.2) is 21.1 Å². The second kappa shape index (κ2) is 6.83. The van der Waals surface area contributed by atoms with Crippen molar-refractivity contribution in [2.45, 2.75) is 6.10 Å². The first-order valence-electron chi connectivity index (χ1n) is 4.48. The maximum atomic E-state index is 9.36. The second-order valence-electron chi connectivity index (χ2n) is 3.04. The molecule has 0 saturated heterocycles. The Morgan fingerprint density at radius 1 is 1.25 bits per heavy atom. The second-order valence-corrected chi connectivity index (χ2v) is 5.39. The van der Waals surface area contributed by atoms with Crippen LogP contribution >= 0.6 is 47.8 Å². The zero-order valence-corrected chi connectivity index (χ0v) is 13.3. The first-order chi connectivity index (χ1) is 7.58. The fourth-order valence-electron chi connectivity index (χ4n) is 1.01. The van der Waals surface area contributed by atoms with Gasteiger partial charge in [-0.05, 0) is 44.0 Å². The van der Waals surface area contributed by atoms with Crippen molar-refractivity contribution in [3.8, 4) is 11.5 Å². The summed E-state index contributed by atoms with van der Waals surface area (Å²) < 4.78 is 12.2. The molecule has 0 fully saturated rings. The van der Waals surface area contributed by atoms with E-state index in [-0.39, 0.29) is 6.61 Å². The summed E-state index contributed by atoms with van der Waals surface area (Å²) in [5.74, 6) is 1.38. The van der Waals surface area contributed by atoms with Gasteiger partial charge < -0.3 is 14.6 Å². The van der Waals surface area contributed by atoms with Crippen molar-refractivity contribution in [2.75, 3.05) is 19.0 Å². The zero-order valence-electron chi connectivity index (χ0n) is 8.54. The average molecular weight is 419 g/mol. The SMILES string of the molecule is COc1cc(Br)c(OCC(O)CBr)cc1Br. The maximum Gasteiger partial charge on any atom is 0.135 e. The van der Waals surface area contributed by atoms with Gasteiger partial charge in [0, 0.05) is 5.33 Å². The van der Waals surface area contributed by atoms with E-state index in [0.29, 0.717) is 11.1 Å². The molecule has 0 amide bonds. The smallest absolute Gasteiger partial charge is 0.135 e. The van der Waals surface area contributed by atoms with Crippen LogP contribution < -0.4 is 9.47 Å². The normalized spacial score (nSPS) is 12.3. The van der Waals surface area contributed by atoms with E-state index in [9.17, 15) is 5.11 Å². The number of hydrogen-bond acceptors (Lipinski definition) is 3. The maximum absolute atomic E-state index is 9.36. The number of benzene rings is 1. The van der Waals surface area contributed by atoms with Gasteiger partial charge in [0.2, 0.25) is 0 Å². The van der Waals surface area contributed by atoms with Crippen LogP contribution in [0.4, 0.5) is 0 Å². The molecule has 1 aromatic carbocycles. The predicted molar refractivity (Wildman–Crippen MR) is 73.7 cm³/mol. The summed E-state index contributed by atoms with van der Waals surface area (Å²) in [6.45, 7) is 0.239. The van der Waals surface area contributed by atoms with Crippen LogP contribution in [0.25, 0.3) is 0 Å². The number of methoxy groups -OCH3 is 1. The van der Waals surface area contributed by atoms with Gasteiger partial charge in [0.05, 0.1) is 22.2 Å². The van der Waals surface area contributed by atoms with Gasteiger partial charge in [-0.2, -0.15) is 0 Å². The molecule has 3 nitrogen and oxygen atoms in total. The molecule has 1 aromatic rings. The topological polar surface area (TPSA) is 38.7 Å². The summed E-state index contributed by atoms with van der Waals surface area (Å²) in [6.07, 6.45) is -0.521. The molecule has 6 heteroatoms. The Labute approximate surface area is 120 Å². The molecule has 16 heavy (non-hydrogen) atoms. The van der Waals surface area contributed by atoms with Crippen molar-refractivity contribution >= 4 is 47.8 Å². The van der Waals surface area contributed by atoms with Crippen molar-refractivity contribution in [3.05, 3.63) is 21.1 Å². The monoisotopic (exact) mass is 416 g/mol. The number of aliphatic hydroxyl groups excluding tert-OH is 1. The number of hydrogen-bond donors (Lipinski definition) is 1. The molecule has 1 N–H and O–H groups in total. The Balaban J connectivity index is 2.77. The third-order valence-corrected chi connectivity index (χ3v) is 3.80. The third kappa shape index (κ3) is 3.91. The van der Waals surface area contributed by atoms with Crippen molar-refractivity contribution in [1.29, 1.82) is 0 Å². The number of ether oxygens (including phenoxy) is 2. The zero-order chi connectivity index (χ0) is 12.1. The van der Waals surface area contributed by atoms with Gasteiger partial charge in [0.15, 0.2) is 0 Å². The molecule has 0 spiro atoms. The lowest BCUT2D eigenvalue weighted by Gasteiger charge is -2.13. The van der Waals surface area contributed by atoms with Crippen LogP contribution in [-0.2, 0) is 0 Å². The molecule has 0 aliphatic rings. The minimum Gasteiger partial charge on any atom is -0.496 e. The molecule has 0 aliphatic carbocycles. The average Bonchev–Trinajstić information content (AvgIpc) is 2.29. The lowest BCUT2D eigenvalue weighted by molar-refractivity contribution is 0.127. The van der Waals surface area contributed by atoms with Crippen LogP contribution in [0.5, 0.6) is 11.5 Å². The fraction of sp³-hybridized carbons (Fsp3) is 0.400. The lowest BCUT2D eigenvalue weighted by Crippen LogP contribution is -2.18. The molecular weight excluding hydrogens is 408 g/mol. The van der Waals surface area contributed by atoms with Gasteiger partial charge in [0.25, 0.3) is 0 Å². The Morgan fingerprint density at radius 3 is 2.38 bits per heavy atom. The molecule has 0 bridgehead atoms. The highest BCUT2D eigenvalue weighted by atomic mass is 79.9. The highest BCUT2D eigenvalue weighted by Gasteiger charge is 2.10. The molecule has 0 radical (unpaired) electrons. The van der Waals surface area contributed by atoms with E-state index >= 15 is 0 Å². The van der Waals surface area contributed by atoms with Crippen molar-refractivity contribution in [2.24, 2.45) is 0 Å². The summed E-state index contributed by atoms with van der Waals surface area (Å²) in [5.41, 5.74) is 0. The van der Waals surface area contributed by atoms with Crippen molar-refractivity contribution in [3.63, 3.8) is 0 Å². The molecule has 1 unspecified atom stereocenters. The van der Waals surface area contributed by atoms with E-state index in [1.54, 1.807) is 19.2 Å². The van der Waals surface area contributed by atoms with Crippen LogP contribution in [0.2, 0.25) is 0 Å². The van der Waals surface area contributed by atoms with E-state index in [2.05, 4.69) is 47.8 Å². The first kappa shape index (κ1) is 14.3. The molecular formula is C10H11Br3O3.